The number of pyridine rings is 1. The van der Waals surface area contributed by atoms with Crippen molar-refractivity contribution in [3.63, 3.8) is 0 Å². The number of para-hydroxylation sites is 1. The molecule has 1 aromatic heterocycles. The van der Waals surface area contributed by atoms with Gasteiger partial charge in [0.1, 0.15) is 6.04 Å². The fourth-order valence-electron chi connectivity index (χ4n) is 4.96. The molecule has 1 aliphatic heterocycles. The lowest BCUT2D eigenvalue weighted by atomic mass is 9.93. The summed E-state index contributed by atoms with van der Waals surface area (Å²) in [5.74, 6) is 1.48. The molecule has 0 saturated carbocycles. The van der Waals surface area contributed by atoms with Crippen LogP contribution in [0.5, 0.6) is 11.5 Å². The lowest BCUT2D eigenvalue weighted by Gasteiger charge is -2.42. The lowest BCUT2D eigenvalue weighted by Crippen LogP contribution is -2.39. The highest BCUT2D eigenvalue weighted by atomic mass is 35.6. The van der Waals surface area contributed by atoms with Crippen molar-refractivity contribution in [2.45, 2.75) is 30.1 Å². The topological polar surface area (TPSA) is 34.6 Å². The summed E-state index contributed by atoms with van der Waals surface area (Å²) in [5, 5.41) is 1.01. The molecule has 196 valence electrons. The summed E-state index contributed by atoms with van der Waals surface area (Å²) in [6, 6.07) is 25.8. The van der Waals surface area contributed by atoms with Crippen LogP contribution in [0.1, 0.15) is 42.3 Å². The van der Waals surface area contributed by atoms with Gasteiger partial charge in [-0.1, -0.05) is 89.4 Å². The Labute approximate surface area is 238 Å². The summed E-state index contributed by atoms with van der Waals surface area (Å²) < 4.78 is 10.0. The highest BCUT2D eigenvalue weighted by molar-refractivity contribution is 6.68. The Bertz CT molecular complexity index is 1450. The Hall–Kier alpha value is -2.92. The number of benzene rings is 3. The SMILES string of the molecule is CCOc1ccc(CCN2C(c3ccccc3)=Cc3nc4ccccc4cc3C2C(Cl)(Cl)Cl)cc1OCC. The molecule has 4 nitrogen and oxygen atoms in total. The quantitative estimate of drug-likeness (QED) is 0.200. The Balaban J connectivity index is 1.58. The molecule has 0 spiro atoms. The molecule has 5 rings (SSSR count). The number of halogens is 3. The number of ether oxygens (including phenoxy) is 2. The zero-order chi connectivity index (χ0) is 26.7. The van der Waals surface area contributed by atoms with Crippen LogP contribution in [0.25, 0.3) is 22.7 Å². The first-order valence-electron chi connectivity index (χ1n) is 12.8. The van der Waals surface area contributed by atoms with Crippen LogP contribution in [0.3, 0.4) is 0 Å². The second-order valence-corrected chi connectivity index (χ2v) is 11.5. The van der Waals surface area contributed by atoms with Crippen LogP contribution < -0.4 is 9.47 Å². The fourth-order valence-corrected chi connectivity index (χ4v) is 5.67. The number of nitrogens with zero attached hydrogens (tertiary/aromatic N) is 2. The van der Waals surface area contributed by atoms with Gasteiger partial charge in [-0.2, -0.15) is 0 Å². The molecule has 0 saturated heterocycles. The van der Waals surface area contributed by atoms with Gasteiger partial charge in [0.05, 0.1) is 24.4 Å². The van der Waals surface area contributed by atoms with Crippen LogP contribution in [-0.2, 0) is 6.42 Å². The van der Waals surface area contributed by atoms with E-state index < -0.39 is 9.83 Å². The maximum atomic E-state index is 6.74. The molecule has 0 amide bonds. The van der Waals surface area contributed by atoms with E-state index >= 15 is 0 Å². The molecule has 0 N–H and O–H groups in total. The Kier molecular flexibility index (Phi) is 8.04. The van der Waals surface area contributed by atoms with Gasteiger partial charge in [0.2, 0.25) is 3.79 Å². The number of hydrogen-bond donors (Lipinski definition) is 0. The standard InChI is InChI=1S/C31H29Cl3N2O2/c1-3-37-28-15-14-21(18-29(28)38-4-2)16-17-36-27(22-10-6-5-7-11-22)20-26-24(30(36)31(32,33)34)19-23-12-8-9-13-25(23)35-26/h5-15,18-20,30H,3-4,16-17H2,1-2H3. The highest BCUT2D eigenvalue weighted by Crippen LogP contribution is 2.50. The second-order valence-electron chi connectivity index (χ2n) is 9.09. The van der Waals surface area contributed by atoms with Crippen LogP contribution >= 0.6 is 34.8 Å². The molecule has 1 aliphatic rings. The van der Waals surface area contributed by atoms with Gasteiger partial charge in [-0.05, 0) is 61.7 Å². The van der Waals surface area contributed by atoms with Gasteiger partial charge < -0.3 is 14.4 Å². The average Bonchev–Trinajstić information content (AvgIpc) is 2.91. The molecule has 4 aromatic rings. The second kappa shape index (κ2) is 11.4. The molecular weight excluding hydrogens is 539 g/mol. The van der Waals surface area contributed by atoms with Gasteiger partial charge in [0.15, 0.2) is 11.5 Å². The molecule has 7 heteroatoms. The van der Waals surface area contributed by atoms with Crippen molar-refractivity contribution in [1.82, 2.24) is 9.88 Å². The predicted octanol–water partition coefficient (Wildman–Crippen LogP) is 8.50. The first-order chi connectivity index (χ1) is 18.4. The van der Waals surface area contributed by atoms with E-state index in [4.69, 9.17) is 49.3 Å². The average molecular weight is 568 g/mol. The summed E-state index contributed by atoms with van der Waals surface area (Å²) in [6.07, 6.45) is 2.82. The van der Waals surface area contributed by atoms with E-state index in [0.29, 0.717) is 26.2 Å². The summed E-state index contributed by atoms with van der Waals surface area (Å²) >= 11 is 20.2. The maximum Gasteiger partial charge on any atom is 0.214 e. The Morgan fingerprint density at radius 2 is 1.55 bits per heavy atom. The fraction of sp³-hybridized carbons (Fsp3) is 0.258. The van der Waals surface area contributed by atoms with Crippen molar-refractivity contribution in [3.05, 3.63) is 101 Å². The monoisotopic (exact) mass is 566 g/mol. The van der Waals surface area contributed by atoms with E-state index in [0.717, 1.165) is 50.5 Å². The van der Waals surface area contributed by atoms with Crippen LogP contribution in [0, 0.1) is 0 Å². The minimum Gasteiger partial charge on any atom is -0.490 e. The van der Waals surface area contributed by atoms with Crippen molar-refractivity contribution in [3.8, 4) is 11.5 Å². The third-order valence-electron chi connectivity index (χ3n) is 6.60. The van der Waals surface area contributed by atoms with Crippen molar-refractivity contribution >= 4 is 57.5 Å². The van der Waals surface area contributed by atoms with Crippen LogP contribution in [0.4, 0.5) is 0 Å². The summed E-state index contributed by atoms with van der Waals surface area (Å²) in [7, 11) is 0. The molecule has 0 aliphatic carbocycles. The molecule has 0 bridgehead atoms. The summed E-state index contributed by atoms with van der Waals surface area (Å²) in [5.41, 5.74) is 5.72. The largest absolute Gasteiger partial charge is 0.490 e. The van der Waals surface area contributed by atoms with E-state index in [2.05, 4.69) is 35.2 Å². The van der Waals surface area contributed by atoms with Gasteiger partial charge in [-0.15, -0.1) is 0 Å². The third kappa shape index (κ3) is 5.58. The molecule has 1 unspecified atom stereocenters. The molecule has 3 aromatic carbocycles. The molecule has 2 heterocycles. The zero-order valence-corrected chi connectivity index (χ0v) is 23.6. The highest BCUT2D eigenvalue weighted by Gasteiger charge is 2.43. The van der Waals surface area contributed by atoms with E-state index in [1.54, 1.807) is 0 Å². The Morgan fingerprint density at radius 1 is 0.842 bits per heavy atom. The van der Waals surface area contributed by atoms with Crippen molar-refractivity contribution in [2.75, 3.05) is 19.8 Å². The number of aromatic nitrogens is 1. The van der Waals surface area contributed by atoms with E-state index in [9.17, 15) is 0 Å². The number of fused-ring (bicyclic) bond motifs is 2. The maximum absolute atomic E-state index is 6.74. The van der Waals surface area contributed by atoms with E-state index in [1.807, 2.05) is 68.4 Å². The predicted molar refractivity (Wildman–Crippen MR) is 158 cm³/mol. The Morgan fingerprint density at radius 3 is 2.29 bits per heavy atom. The van der Waals surface area contributed by atoms with E-state index in [1.165, 1.54) is 0 Å². The minimum atomic E-state index is -1.59. The molecular formula is C31H29Cl3N2O2. The molecule has 0 radical (unpaired) electrons. The zero-order valence-electron chi connectivity index (χ0n) is 21.3. The van der Waals surface area contributed by atoms with Crippen molar-refractivity contribution in [2.24, 2.45) is 0 Å². The summed E-state index contributed by atoms with van der Waals surface area (Å²) in [4.78, 5) is 7.15. The van der Waals surface area contributed by atoms with Crippen LogP contribution in [0.2, 0.25) is 0 Å². The number of hydrogen-bond acceptors (Lipinski definition) is 4. The van der Waals surface area contributed by atoms with Gasteiger partial charge in [0.25, 0.3) is 0 Å². The number of alkyl halides is 3. The first kappa shape index (κ1) is 26.7. The molecule has 0 fully saturated rings. The van der Waals surface area contributed by atoms with Gasteiger partial charge in [-0.3, -0.25) is 0 Å². The van der Waals surface area contributed by atoms with Gasteiger partial charge >= 0.3 is 0 Å². The number of rotatable bonds is 8. The van der Waals surface area contributed by atoms with E-state index in [-0.39, 0.29) is 0 Å². The molecule has 38 heavy (non-hydrogen) atoms. The summed E-state index contributed by atoms with van der Waals surface area (Å²) in [6.45, 7) is 5.68. The normalized spacial score (nSPS) is 15.2. The van der Waals surface area contributed by atoms with Gasteiger partial charge in [0, 0.05) is 23.2 Å². The third-order valence-corrected chi connectivity index (χ3v) is 7.22. The first-order valence-corrected chi connectivity index (χ1v) is 13.9. The minimum absolute atomic E-state index is 0.533. The molecule has 1 atom stereocenters. The lowest BCUT2D eigenvalue weighted by molar-refractivity contribution is 0.286. The smallest absolute Gasteiger partial charge is 0.214 e. The van der Waals surface area contributed by atoms with Crippen molar-refractivity contribution < 1.29 is 9.47 Å². The van der Waals surface area contributed by atoms with Crippen LogP contribution in [-0.4, -0.2) is 33.4 Å². The van der Waals surface area contributed by atoms with Crippen molar-refractivity contribution in [1.29, 1.82) is 0 Å². The van der Waals surface area contributed by atoms with Crippen LogP contribution in [0.15, 0.2) is 78.9 Å². The van der Waals surface area contributed by atoms with Gasteiger partial charge in [-0.25, -0.2) is 4.98 Å².